The van der Waals surface area contributed by atoms with Gasteiger partial charge in [0.05, 0.1) is 6.54 Å². The molecule has 124 valence electrons. The molecule has 22 heavy (non-hydrogen) atoms. The Morgan fingerprint density at radius 1 is 1.55 bits per heavy atom. The van der Waals surface area contributed by atoms with Crippen molar-refractivity contribution in [3.63, 3.8) is 0 Å². The number of hydrogen-bond acceptors (Lipinski definition) is 3. The molecule has 0 spiro atoms. The van der Waals surface area contributed by atoms with Gasteiger partial charge in [0.25, 0.3) is 0 Å². The van der Waals surface area contributed by atoms with Gasteiger partial charge in [-0.05, 0) is 25.7 Å². The molecule has 2 rings (SSSR count). The zero-order valence-corrected chi connectivity index (χ0v) is 13.6. The third kappa shape index (κ3) is 4.59. The van der Waals surface area contributed by atoms with E-state index in [1.807, 2.05) is 6.92 Å². The monoisotopic (exact) mass is 334 g/mol. The molecule has 0 bridgehead atoms. The summed E-state index contributed by atoms with van der Waals surface area (Å²) >= 11 is 0.999. The Morgan fingerprint density at radius 3 is 2.91 bits per heavy atom. The Bertz CT molecular complexity index is 512. The second-order valence-corrected chi connectivity index (χ2v) is 6.43. The molecule has 2 heterocycles. The van der Waals surface area contributed by atoms with E-state index >= 15 is 0 Å². The highest BCUT2D eigenvalue weighted by molar-refractivity contribution is 7.09. The molecule has 1 aliphatic heterocycles. The van der Waals surface area contributed by atoms with Crippen LogP contribution >= 0.6 is 11.3 Å². The molecule has 0 radical (unpaired) electrons. The predicted molar refractivity (Wildman–Crippen MR) is 81.9 cm³/mol. The van der Waals surface area contributed by atoms with Crippen LogP contribution in [0.1, 0.15) is 37.4 Å². The molecule has 1 aromatic heterocycles. The molecule has 1 fully saturated rings. The maximum atomic E-state index is 12.5. The number of alkyl halides is 3. The molecule has 0 aromatic carbocycles. The minimum absolute atomic E-state index is 0.175. The van der Waals surface area contributed by atoms with Crippen molar-refractivity contribution in [3.05, 3.63) is 16.1 Å². The minimum atomic E-state index is -4.38. The van der Waals surface area contributed by atoms with Gasteiger partial charge >= 0.3 is 6.18 Å². The molecule has 1 saturated heterocycles. The van der Waals surface area contributed by atoms with Gasteiger partial charge in [-0.15, -0.1) is 11.3 Å². The van der Waals surface area contributed by atoms with Crippen molar-refractivity contribution in [3.8, 4) is 0 Å². The summed E-state index contributed by atoms with van der Waals surface area (Å²) in [6, 6.07) is 0. The quantitative estimate of drug-likeness (QED) is 0.681. The summed E-state index contributed by atoms with van der Waals surface area (Å²) in [7, 11) is 0. The third-order valence-corrected chi connectivity index (χ3v) is 4.33. The van der Waals surface area contributed by atoms with Crippen LogP contribution < -0.4 is 5.32 Å². The third-order valence-electron chi connectivity index (χ3n) is 3.50. The number of piperidine rings is 1. The maximum Gasteiger partial charge on any atom is 0.434 e. The molecule has 1 aliphatic rings. The van der Waals surface area contributed by atoms with Gasteiger partial charge in [0.2, 0.25) is 0 Å². The van der Waals surface area contributed by atoms with Crippen LogP contribution in [0.4, 0.5) is 13.2 Å². The summed E-state index contributed by atoms with van der Waals surface area (Å²) in [5, 5.41) is 4.64. The van der Waals surface area contributed by atoms with E-state index in [2.05, 4.69) is 27.1 Å². The van der Waals surface area contributed by atoms with Crippen LogP contribution in [0.5, 0.6) is 0 Å². The first-order chi connectivity index (χ1) is 10.4. The van der Waals surface area contributed by atoms with E-state index in [1.54, 1.807) is 0 Å². The summed E-state index contributed by atoms with van der Waals surface area (Å²) in [6.45, 7) is 6.95. The number of halogens is 3. The summed E-state index contributed by atoms with van der Waals surface area (Å²) < 4.78 is 37.6. The van der Waals surface area contributed by atoms with Crippen LogP contribution in [0.15, 0.2) is 10.4 Å². The molecule has 1 unspecified atom stereocenters. The van der Waals surface area contributed by atoms with E-state index in [0.717, 1.165) is 48.7 Å². The van der Waals surface area contributed by atoms with Gasteiger partial charge in [-0.3, -0.25) is 0 Å². The number of hydrogen-bond donors (Lipinski definition) is 1. The molecule has 0 aliphatic carbocycles. The van der Waals surface area contributed by atoms with E-state index in [1.165, 1.54) is 6.42 Å². The lowest BCUT2D eigenvalue weighted by Crippen LogP contribution is -2.46. The van der Waals surface area contributed by atoms with Crippen molar-refractivity contribution in [2.45, 2.75) is 39.4 Å². The summed E-state index contributed by atoms with van der Waals surface area (Å²) in [5.41, 5.74) is -0.834. The molecular weight excluding hydrogens is 313 g/mol. The van der Waals surface area contributed by atoms with Gasteiger partial charge in [-0.1, -0.05) is 6.92 Å². The number of aromatic nitrogens is 1. The number of likely N-dealkylation sites (tertiary alicyclic amines) is 1. The smallest absolute Gasteiger partial charge is 0.357 e. The molecule has 1 N–H and O–H groups in total. The van der Waals surface area contributed by atoms with Gasteiger partial charge in [-0.25, -0.2) is 9.98 Å². The zero-order valence-electron chi connectivity index (χ0n) is 12.8. The van der Waals surface area contributed by atoms with Crippen LogP contribution in [-0.4, -0.2) is 35.5 Å². The van der Waals surface area contributed by atoms with Gasteiger partial charge < -0.3 is 10.2 Å². The van der Waals surface area contributed by atoms with E-state index in [-0.39, 0.29) is 6.54 Å². The van der Waals surface area contributed by atoms with Crippen LogP contribution in [0.2, 0.25) is 0 Å². The summed E-state index contributed by atoms with van der Waals surface area (Å²) in [5.74, 6) is 1.37. The average Bonchev–Trinajstić information content (AvgIpc) is 2.92. The minimum Gasteiger partial charge on any atom is -0.357 e. The number of aliphatic imine (C=N–C) groups is 1. The molecule has 1 atom stereocenters. The van der Waals surface area contributed by atoms with Crippen molar-refractivity contribution < 1.29 is 13.2 Å². The Morgan fingerprint density at radius 2 is 2.32 bits per heavy atom. The maximum absolute atomic E-state index is 12.5. The van der Waals surface area contributed by atoms with Crippen molar-refractivity contribution in [1.29, 1.82) is 0 Å². The number of thiazole rings is 1. The van der Waals surface area contributed by atoms with E-state index in [9.17, 15) is 13.2 Å². The lowest BCUT2D eigenvalue weighted by molar-refractivity contribution is -0.140. The molecular formula is C14H21F3N4S. The Labute approximate surface area is 132 Å². The van der Waals surface area contributed by atoms with Gasteiger partial charge in [0.1, 0.15) is 5.01 Å². The second kappa shape index (κ2) is 7.30. The average molecular weight is 334 g/mol. The topological polar surface area (TPSA) is 40.5 Å². The number of rotatable bonds is 3. The highest BCUT2D eigenvalue weighted by Gasteiger charge is 2.33. The zero-order chi connectivity index (χ0) is 16.2. The highest BCUT2D eigenvalue weighted by Crippen LogP contribution is 2.30. The van der Waals surface area contributed by atoms with Crippen molar-refractivity contribution >= 4 is 17.3 Å². The first-order valence-corrected chi connectivity index (χ1v) is 8.33. The van der Waals surface area contributed by atoms with Gasteiger partial charge in [-0.2, -0.15) is 13.2 Å². The largest absolute Gasteiger partial charge is 0.434 e. The number of nitrogens with one attached hydrogen (secondary N) is 1. The van der Waals surface area contributed by atoms with Gasteiger partial charge in [0, 0.05) is 25.0 Å². The fraction of sp³-hybridized carbons (Fsp3) is 0.714. The van der Waals surface area contributed by atoms with E-state index in [4.69, 9.17) is 0 Å². The highest BCUT2D eigenvalue weighted by atomic mass is 32.1. The van der Waals surface area contributed by atoms with Gasteiger partial charge in [0.15, 0.2) is 11.7 Å². The van der Waals surface area contributed by atoms with Crippen molar-refractivity contribution in [1.82, 2.24) is 15.2 Å². The van der Waals surface area contributed by atoms with Crippen LogP contribution in [0.3, 0.4) is 0 Å². The summed E-state index contributed by atoms with van der Waals surface area (Å²) in [6.07, 6.45) is -2.07. The lowest BCUT2D eigenvalue weighted by Gasteiger charge is -2.33. The fourth-order valence-corrected chi connectivity index (χ4v) is 3.19. The fourth-order valence-electron chi connectivity index (χ4n) is 2.46. The Balaban J connectivity index is 2.05. The molecule has 0 amide bonds. The first kappa shape index (κ1) is 17.1. The summed E-state index contributed by atoms with van der Waals surface area (Å²) in [4.78, 5) is 10.2. The predicted octanol–water partition coefficient (Wildman–Crippen LogP) is 3.36. The molecule has 4 nitrogen and oxygen atoms in total. The van der Waals surface area contributed by atoms with Crippen molar-refractivity contribution in [2.75, 3.05) is 19.6 Å². The number of guanidine groups is 1. The second-order valence-electron chi connectivity index (χ2n) is 5.49. The normalized spacial score (nSPS) is 20.3. The molecule has 8 heteroatoms. The van der Waals surface area contributed by atoms with Crippen molar-refractivity contribution in [2.24, 2.45) is 10.9 Å². The van der Waals surface area contributed by atoms with Crippen LogP contribution in [0.25, 0.3) is 0 Å². The van der Waals surface area contributed by atoms with Crippen LogP contribution in [-0.2, 0) is 12.7 Å². The lowest BCUT2D eigenvalue weighted by atomic mass is 10.0. The SMILES string of the molecule is CCNC(=NCc1nc(C(F)(F)F)cs1)N1CCCC(C)C1. The molecule has 1 aromatic rings. The van der Waals surface area contributed by atoms with E-state index < -0.39 is 11.9 Å². The first-order valence-electron chi connectivity index (χ1n) is 7.45. The van der Waals surface area contributed by atoms with E-state index in [0.29, 0.717) is 10.9 Å². The van der Waals surface area contributed by atoms with Crippen LogP contribution in [0, 0.1) is 5.92 Å². The standard InChI is InChI=1S/C14H21F3N4S/c1-3-18-13(21-6-4-5-10(2)8-21)19-7-12-20-11(9-22-12)14(15,16)17/h9-10H,3-8H2,1-2H3,(H,18,19). The molecule has 0 saturated carbocycles. The number of nitrogens with zero attached hydrogens (tertiary/aromatic N) is 3. The Kier molecular flexibility index (Phi) is 5.66. The Hall–Kier alpha value is -1.31.